The molecule has 1 amide bonds. The lowest BCUT2D eigenvalue weighted by Crippen LogP contribution is -2.51. The van der Waals surface area contributed by atoms with E-state index in [0.29, 0.717) is 12.6 Å². The van der Waals surface area contributed by atoms with Crippen molar-refractivity contribution in [3.8, 4) is 0 Å². The molecule has 2 heterocycles. The van der Waals surface area contributed by atoms with Crippen LogP contribution in [0.15, 0.2) is 30.3 Å². The van der Waals surface area contributed by atoms with Crippen molar-refractivity contribution in [1.82, 2.24) is 15.1 Å². The Kier molecular flexibility index (Phi) is 7.47. The number of piperidine rings is 2. The maximum absolute atomic E-state index is 12.2. The lowest BCUT2D eigenvalue weighted by atomic mass is 9.93. The minimum absolute atomic E-state index is 0.0175. The van der Waals surface area contributed by atoms with Crippen LogP contribution in [0.1, 0.15) is 31.2 Å². The van der Waals surface area contributed by atoms with Crippen molar-refractivity contribution in [3.63, 3.8) is 0 Å². The number of nitrogens with zero attached hydrogens (tertiary/aromatic N) is 2. The van der Waals surface area contributed by atoms with Crippen LogP contribution in [0, 0.1) is 5.92 Å². The van der Waals surface area contributed by atoms with E-state index in [1.807, 2.05) is 0 Å². The predicted octanol–water partition coefficient (Wildman–Crippen LogP) is 1.51. The van der Waals surface area contributed by atoms with E-state index in [0.717, 1.165) is 52.0 Å². The molecule has 2 aliphatic rings. The van der Waals surface area contributed by atoms with E-state index >= 15 is 0 Å². The van der Waals surface area contributed by atoms with Gasteiger partial charge in [-0.05, 0) is 57.3 Å². The smallest absolute Gasteiger partial charge is 0.224 e. The summed E-state index contributed by atoms with van der Waals surface area (Å²) in [5, 5.41) is 11.7. The first kappa shape index (κ1) is 19.3. The van der Waals surface area contributed by atoms with E-state index in [1.54, 1.807) is 0 Å². The summed E-state index contributed by atoms with van der Waals surface area (Å²) >= 11 is 0. The van der Waals surface area contributed by atoms with Gasteiger partial charge in [-0.25, -0.2) is 0 Å². The van der Waals surface area contributed by atoms with E-state index in [-0.39, 0.29) is 18.4 Å². The zero-order chi connectivity index (χ0) is 18.2. The molecule has 0 aliphatic carbocycles. The summed E-state index contributed by atoms with van der Waals surface area (Å²) in [6, 6.07) is 11.3. The normalized spacial score (nSPS) is 23.0. The first-order valence-electron chi connectivity index (χ1n) is 10.1. The number of rotatable bonds is 7. The van der Waals surface area contributed by atoms with Gasteiger partial charge < -0.3 is 15.3 Å². The van der Waals surface area contributed by atoms with Crippen molar-refractivity contribution < 1.29 is 9.90 Å². The number of aliphatic hydroxyl groups is 1. The Morgan fingerprint density at radius 1 is 1.12 bits per heavy atom. The Hall–Kier alpha value is -1.43. The third kappa shape index (κ3) is 5.53. The number of likely N-dealkylation sites (tertiary alicyclic amines) is 2. The Balaban J connectivity index is 1.40. The molecule has 2 saturated heterocycles. The van der Waals surface area contributed by atoms with Crippen LogP contribution in [0.2, 0.25) is 0 Å². The van der Waals surface area contributed by atoms with Crippen LogP contribution in [0.3, 0.4) is 0 Å². The number of hydrogen-bond acceptors (Lipinski definition) is 4. The highest BCUT2D eigenvalue weighted by Crippen LogP contribution is 2.24. The zero-order valence-electron chi connectivity index (χ0n) is 15.8. The van der Waals surface area contributed by atoms with Gasteiger partial charge in [0.05, 0.1) is 12.5 Å². The van der Waals surface area contributed by atoms with Gasteiger partial charge in [0.1, 0.15) is 0 Å². The summed E-state index contributed by atoms with van der Waals surface area (Å²) in [5.74, 6) is 0.204. The molecular weight excluding hydrogens is 326 g/mol. The molecular formula is C21H33N3O2. The number of hydrogen-bond donors (Lipinski definition) is 2. The molecule has 0 bridgehead atoms. The highest BCUT2D eigenvalue weighted by Gasteiger charge is 2.31. The molecule has 0 radical (unpaired) electrons. The van der Waals surface area contributed by atoms with Crippen LogP contribution in [0.25, 0.3) is 0 Å². The number of nitrogens with one attached hydrogen (secondary N) is 1. The second-order valence-electron chi connectivity index (χ2n) is 7.66. The fourth-order valence-corrected chi connectivity index (χ4v) is 4.32. The average molecular weight is 360 g/mol. The molecule has 26 heavy (non-hydrogen) atoms. The second-order valence-corrected chi connectivity index (χ2v) is 7.66. The molecule has 0 spiro atoms. The third-order valence-corrected chi connectivity index (χ3v) is 5.87. The summed E-state index contributed by atoms with van der Waals surface area (Å²) in [6.07, 6.45) is 5.62. The van der Waals surface area contributed by atoms with Crippen LogP contribution in [0.4, 0.5) is 0 Å². The third-order valence-electron chi connectivity index (χ3n) is 5.87. The van der Waals surface area contributed by atoms with Gasteiger partial charge >= 0.3 is 0 Å². The zero-order valence-corrected chi connectivity index (χ0v) is 15.8. The highest BCUT2D eigenvalue weighted by molar-refractivity contribution is 5.78. The van der Waals surface area contributed by atoms with Crippen LogP contribution in [-0.4, -0.2) is 72.7 Å². The molecule has 0 unspecified atom stereocenters. The van der Waals surface area contributed by atoms with Gasteiger partial charge in [-0.2, -0.15) is 0 Å². The molecule has 0 aromatic heterocycles. The van der Waals surface area contributed by atoms with Crippen molar-refractivity contribution in [2.24, 2.45) is 5.92 Å². The van der Waals surface area contributed by atoms with E-state index in [9.17, 15) is 4.79 Å². The minimum atomic E-state index is 0.0175. The highest BCUT2D eigenvalue weighted by atomic mass is 16.3. The van der Waals surface area contributed by atoms with Crippen molar-refractivity contribution in [1.29, 1.82) is 0 Å². The lowest BCUT2D eigenvalue weighted by molar-refractivity contribution is -0.127. The second kappa shape index (κ2) is 10.0. The van der Waals surface area contributed by atoms with Crippen LogP contribution >= 0.6 is 0 Å². The summed E-state index contributed by atoms with van der Waals surface area (Å²) in [7, 11) is 0. The van der Waals surface area contributed by atoms with Gasteiger partial charge in [-0.3, -0.25) is 9.69 Å². The Morgan fingerprint density at radius 2 is 1.88 bits per heavy atom. The van der Waals surface area contributed by atoms with Gasteiger partial charge in [-0.15, -0.1) is 0 Å². The predicted molar refractivity (Wildman–Crippen MR) is 104 cm³/mol. The van der Waals surface area contributed by atoms with E-state index in [4.69, 9.17) is 5.11 Å². The van der Waals surface area contributed by atoms with Crippen LogP contribution in [0.5, 0.6) is 0 Å². The lowest BCUT2D eigenvalue weighted by Gasteiger charge is -2.42. The maximum Gasteiger partial charge on any atom is 0.224 e. The van der Waals surface area contributed by atoms with Gasteiger partial charge in [0, 0.05) is 25.7 Å². The number of carbonyl (C=O) groups excluding carboxylic acids is 1. The largest absolute Gasteiger partial charge is 0.395 e. The summed E-state index contributed by atoms with van der Waals surface area (Å²) < 4.78 is 0. The number of benzene rings is 1. The van der Waals surface area contributed by atoms with Crippen molar-refractivity contribution in [2.75, 3.05) is 45.9 Å². The van der Waals surface area contributed by atoms with E-state index < -0.39 is 0 Å². The fourth-order valence-electron chi connectivity index (χ4n) is 4.32. The van der Waals surface area contributed by atoms with E-state index in [2.05, 4.69) is 45.4 Å². The van der Waals surface area contributed by atoms with Gasteiger partial charge in [0.2, 0.25) is 5.91 Å². The molecule has 1 atom stereocenters. The maximum atomic E-state index is 12.2. The topological polar surface area (TPSA) is 55.8 Å². The number of carbonyl (C=O) groups is 1. The molecule has 144 valence electrons. The first-order chi connectivity index (χ1) is 12.8. The van der Waals surface area contributed by atoms with Crippen molar-refractivity contribution in [2.45, 2.75) is 38.1 Å². The molecule has 5 nitrogen and oxygen atoms in total. The minimum Gasteiger partial charge on any atom is -0.395 e. The molecule has 2 aliphatic heterocycles. The van der Waals surface area contributed by atoms with Crippen molar-refractivity contribution >= 4 is 5.91 Å². The van der Waals surface area contributed by atoms with Gasteiger partial charge in [0.15, 0.2) is 0 Å². The molecule has 1 aromatic carbocycles. The van der Waals surface area contributed by atoms with Crippen LogP contribution < -0.4 is 5.32 Å². The Labute approximate surface area is 157 Å². The number of amides is 1. The summed E-state index contributed by atoms with van der Waals surface area (Å²) in [4.78, 5) is 17.3. The van der Waals surface area contributed by atoms with E-state index in [1.165, 1.54) is 18.4 Å². The summed E-state index contributed by atoms with van der Waals surface area (Å²) in [5.41, 5.74) is 1.42. The quantitative estimate of drug-likeness (QED) is 0.775. The molecule has 2 N–H and O–H groups in total. The molecule has 2 fully saturated rings. The van der Waals surface area contributed by atoms with Crippen molar-refractivity contribution in [3.05, 3.63) is 35.9 Å². The van der Waals surface area contributed by atoms with Gasteiger partial charge in [-0.1, -0.05) is 30.3 Å². The Morgan fingerprint density at radius 3 is 2.62 bits per heavy atom. The molecule has 5 heteroatoms. The Bertz CT molecular complexity index is 543. The van der Waals surface area contributed by atoms with Gasteiger partial charge in [0.25, 0.3) is 0 Å². The molecule has 0 saturated carbocycles. The summed E-state index contributed by atoms with van der Waals surface area (Å²) in [6.45, 7) is 5.86. The average Bonchev–Trinajstić information content (AvgIpc) is 2.71. The monoisotopic (exact) mass is 359 g/mol. The SMILES string of the molecule is O=C(NCCO)[C@H]1CCCN(C2CCN(CCc3ccccc3)CC2)C1. The molecule has 3 rings (SSSR count). The first-order valence-corrected chi connectivity index (χ1v) is 10.1. The van der Waals surface area contributed by atoms with Crippen LogP contribution in [-0.2, 0) is 11.2 Å². The number of aliphatic hydroxyl groups excluding tert-OH is 1. The fraction of sp³-hybridized carbons (Fsp3) is 0.667. The molecule has 1 aromatic rings. The standard InChI is InChI=1S/C21H33N3O2/c25-16-11-22-21(26)19-7-4-12-24(17-19)20-9-14-23(15-10-20)13-8-18-5-2-1-3-6-18/h1-3,5-6,19-20,25H,4,7-17H2,(H,22,26)/t19-/m0/s1.